The molecule has 1 unspecified atom stereocenters. The Labute approximate surface area is 154 Å². The maximum Gasteiger partial charge on any atom is 0.242 e. The van der Waals surface area contributed by atoms with E-state index in [2.05, 4.69) is 24.2 Å². The number of hydrogen-bond donors (Lipinski definition) is 1. The van der Waals surface area contributed by atoms with E-state index in [0.717, 1.165) is 43.1 Å². The van der Waals surface area contributed by atoms with Crippen LogP contribution in [0.1, 0.15) is 46.0 Å². The van der Waals surface area contributed by atoms with Crippen molar-refractivity contribution in [2.24, 2.45) is 4.99 Å². The van der Waals surface area contributed by atoms with Gasteiger partial charge in [-0.1, -0.05) is 56.7 Å². The number of rotatable bonds is 9. The van der Waals surface area contributed by atoms with E-state index < -0.39 is 0 Å². The summed E-state index contributed by atoms with van der Waals surface area (Å²) in [5.41, 5.74) is 0.752. The fourth-order valence-corrected chi connectivity index (χ4v) is 3.71. The maximum absolute atomic E-state index is 12.7. The van der Waals surface area contributed by atoms with Gasteiger partial charge in [-0.25, -0.2) is 0 Å². The maximum atomic E-state index is 12.7. The first-order valence-corrected chi connectivity index (χ1v) is 9.91. The molecular formula is C19H27N3O2S. The van der Waals surface area contributed by atoms with Crippen molar-refractivity contribution in [3.05, 3.63) is 30.3 Å². The number of nitrogens with one attached hydrogen (secondary N) is 1. The van der Waals surface area contributed by atoms with Crippen molar-refractivity contribution in [3.8, 4) is 0 Å². The van der Waals surface area contributed by atoms with Crippen LogP contribution in [-0.2, 0) is 9.59 Å². The molecule has 0 saturated carbocycles. The molecule has 6 heteroatoms. The van der Waals surface area contributed by atoms with Gasteiger partial charge in [-0.2, -0.15) is 0 Å². The molecule has 0 radical (unpaired) electrons. The van der Waals surface area contributed by atoms with Crippen molar-refractivity contribution < 1.29 is 9.59 Å². The highest BCUT2D eigenvalue weighted by Gasteiger charge is 2.38. The number of thioether (sulfide) groups is 1. The standard InChI is InChI=1S/C19H27N3O2S/c1-3-5-12-20-19-22(13-6-4-2)18(24)16(25-19)14-17(23)21-15-10-8-7-9-11-15/h7-11,16H,3-6,12-14H2,1-2H3,(H,21,23). The minimum absolute atomic E-state index is 0.0110. The monoisotopic (exact) mass is 361 g/mol. The molecule has 1 aliphatic rings. The first-order chi connectivity index (χ1) is 12.2. The molecule has 0 spiro atoms. The summed E-state index contributed by atoms with van der Waals surface area (Å²) in [5, 5.41) is 3.26. The predicted molar refractivity (Wildman–Crippen MR) is 105 cm³/mol. The molecule has 1 aliphatic heterocycles. The van der Waals surface area contributed by atoms with Crippen molar-refractivity contribution >= 4 is 34.4 Å². The van der Waals surface area contributed by atoms with Crippen molar-refractivity contribution in [1.29, 1.82) is 0 Å². The largest absolute Gasteiger partial charge is 0.326 e. The van der Waals surface area contributed by atoms with E-state index in [1.165, 1.54) is 11.8 Å². The molecule has 2 amide bonds. The van der Waals surface area contributed by atoms with Crippen LogP contribution < -0.4 is 5.32 Å². The van der Waals surface area contributed by atoms with E-state index in [-0.39, 0.29) is 23.5 Å². The van der Waals surface area contributed by atoms with Gasteiger partial charge in [-0.05, 0) is 25.0 Å². The average molecular weight is 362 g/mol. The summed E-state index contributed by atoms with van der Waals surface area (Å²) >= 11 is 1.43. The fourth-order valence-electron chi connectivity index (χ4n) is 2.52. The molecule has 2 rings (SSSR count). The topological polar surface area (TPSA) is 61.8 Å². The molecule has 1 heterocycles. The van der Waals surface area contributed by atoms with Crippen LogP contribution in [0, 0.1) is 0 Å². The number of benzene rings is 1. The Morgan fingerprint density at radius 1 is 1.20 bits per heavy atom. The molecule has 0 aromatic heterocycles. The molecule has 136 valence electrons. The van der Waals surface area contributed by atoms with Crippen LogP contribution in [0.25, 0.3) is 0 Å². The summed E-state index contributed by atoms with van der Waals surface area (Å²) in [6, 6.07) is 9.32. The smallest absolute Gasteiger partial charge is 0.242 e. The van der Waals surface area contributed by atoms with Crippen molar-refractivity contribution in [2.75, 3.05) is 18.4 Å². The second-order valence-electron chi connectivity index (χ2n) is 6.09. The zero-order chi connectivity index (χ0) is 18.1. The molecule has 0 bridgehead atoms. The number of amidine groups is 1. The highest BCUT2D eigenvalue weighted by molar-refractivity contribution is 8.15. The van der Waals surface area contributed by atoms with Gasteiger partial charge in [-0.15, -0.1) is 0 Å². The SMILES string of the molecule is CCCCN=C1SC(CC(=O)Nc2ccccc2)C(=O)N1CCCC. The number of unbranched alkanes of at least 4 members (excludes halogenated alkanes) is 2. The van der Waals surface area contributed by atoms with E-state index >= 15 is 0 Å². The molecule has 1 aromatic rings. The van der Waals surface area contributed by atoms with Gasteiger partial charge in [0.05, 0.1) is 0 Å². The Morgan fingerprint density at radius 3 is 2.60 bits per heavy atom. The number of anilines is 1. The second kappa shape index (κ2) is 10.2. The van der Waals surface area contributed by atoms with Crippen LogP contribution in [0.4, 0.5) is 5.69 Å². The molecular weight excluding hydrogens is 334 g/mol. The summed E-state index contributed by atoms with van der Waals surface area (Å²) < 4.78 is 0. The van der Waals surface area contributed by atoms with Gasteiger partial charge in [-0.3, -0.25) is 19.5 Å². The highest BCUT2D eigenvalue weighted by Crippen LogP contribution is 2.30. The lowest BCUT2D eigenvalue weighted by Gasteiger charge is -2.15. The normalized spacial score (nSPS) is 18.8. The molecule has 25 heavy (non-hydrogen) atoms. The summed E-state index contributed by atoms with van der Waals surface area (Å²) in [5.74, 6) is -0.126. The van der Waals surface area contributed by atoms with Crippen LogP contribution in [0.3, 0.4) is 0 Å². The number of para-hydroxylation sites is 1. The van der Waals surface area contributed by atoms with Gasteiger partial charge in [0, 0.05) is 25.2 Å². The summed E-state index contributed by atoms with van der Waals surface area (Å²) in [7, 11) is 0. The van der Waals surface area contributed by atoms with Crippen molar-refractivity contribution in [3.63, 3.8) is 0 Å². The van der Waals surface area contributed by atoms with Crippen molar-refractivity contribution in [1.82, 2.24) is 4.90 Å². The second-order valence-corrected chi connectivity index (χ2v) is 7.26. The quantitative estimate of drug-likeness (QED) is 0.678. The fraction of sp³-hybridized carbons (Fsp3) is 0.526. The molecule has 0 aliphatic carbocycles. The first-order valence-electron chi connectivity index (χ1n) is 9.03. The third kappa shape index (κ3) is 5.88. The highest BCUT2D eigenvalue weighted by atomic mass is 32.2. The zero-order valence-corrected chi connectivity index (χ0v) is 15.8. The lowest BCUT2D eigenvalue weighted by molar-refractivity contribution is -0.128. The number of amides is 2. The van der Waals surface area contributed by atoms with E-state index in [4.69, 9.17) is 0 Å². The lowest BCUT2D eigenvalue weighted by Crippen LogP contribution is -2.34. The average Bonchev–Trinajstić information content (AvgIpc) is 2.89. The van der Waals surface area contributed by atoms with E-state index in [9.17, 15) is 9.59 Å². The molecule has 1 atom stereocenters. The zero-order valence-electron chi connectivity index (χ0n) is 15.0. The van der Waals surface area contributed by atoms with Gasteiger partial charge < -0.3 is 5.32 Å². The number of carbonyl (C=O) groups excluding carboxylic acids is 2. The molecule has 1 aromatic carbocycles. The number of aliphatic imine (C=N–C) groups is 1. The van der Waals surface area contributed by atoms with E-state index in [1.807, 2.05) is 30.3 Å². The Bertz CT molecular complexity index is 604. The molecule has 1 saturated heterocycles. The Balaban J connectivity index is 1.98. The number of hydrogen-bond acceptors (Lipinski definition) is 4. The summed E-state index contributed by atoms with van der Waals surface area (Å²) in [4.78, 5) is 31.3. The van der Waals surface area contributed by atoms with Crippen LogP contribution >= 0.6 is 11.8 Å². The molecule has 1 fully saturated rings. The van der Waals surface area contributed by atoms with E-state index in [0.29, 0.717) is 6.54 Å². The van der Waals surface area contributed by atoms with Crippen LogP contribution in [0.5, 0.6) is 0 Å². The van der Waals surface area contributed by atoms with Gasteiger partial charge in [0.25, 0.3) is 0 Å². The van der Waals surface area contributed by atoms with Gasteiger partial charge >= 0.3 is 0 Å². The summed E-state index contributed by atoms with van der Waals surface area (Å²) in [6.07, 6.45) is 4.23. The third-order valence-corrected chi connectivity index (χ3v) is 5.16. The van der Waals surface area contributed by atoms with Crippen LogP contribution in [0.15, 0.2) is 35.3 Å². The van der Waals surface area contributed by atoms with E-state index in [1.54, 1.807) is 4.90 Å². The minimum Gasteiger partial charge on any atom is -0.326 e. The number of carbonyl (C=O) groups is 2. The number of nitrogens with zero attached hydrogens (tertiary/aromatic N) is 2. The third-order valence-electron chi connectivity index (χ3n) is 3.94. The van der Waals surface area contributed by atoms with Crippen molar-refractivity contribution in [2.45, 2.75) is 51.2 Å². The van der Waals surface area contributed by atoms with Crippen LogP contribution in [0.2, 0.25) is 0 Å². The predicted octanol–water partition coefficient (Wildman–Crippen LogP) is 3.92. The molecule has 1 N–H and O–H groups in total. The minimum atomic E-state index is -0.374. The first kappa shape index (κ1) is 19.5. The Morgan fingerprint density at radius 2 is 1.92 bits per heavy atom. The van der Waals surface area contributed by atoms with Crippen LogP contribution in [-0.4, -0.2) is 40.2 Å². The van der Waals surface area contributed by atoms with Gasteiger partial charge in [0.15, 0.2) is 5.17 Å². The van der Waals surface area contributed by atoms with Gasteiger partial charge in [0.1, 0.15) is 5.25 Å². The summed E-state index contributed by atoms with van der Waals surface area (Å²) in [6.45, 7) is 5.65. The Hall–Kier alpha value is -1.82. The Kier molecular flexibility index (Phi) is 7.98. The lowest BCUT2D eigenvalue weighted by atomic mass is 10.2. The van der Waals surface area contributed by atoms with Gasteiger partial charge in [0.2, 0.25) is 11.8 Å². The molecule has 5 nitrogen and oxygen atoms in total.